The molecule has 3 aliphatic rings. The fourth-order valence-electron chi connectivity index (χ4n) is 5.91. The van der Waals surface area contributed by atoms with Crippen LogP contribution in [0.4, 0.5) is 0 Å². The largest absolute Gasteiger partial charge is 0.106 e. The summed E-state index contributed by atoms with van der Waals surface area (Å²) in [5.74, 6) is 2.42. The van der Waals surface area contributed by atoms with Gasteiger partial charge in [0.1, 0.15) is 0 Å². The maximum atomic E-state index is 4.77. The molecule has 3 fully saturated rings. The van der Waals surface area contributed by atoms with Crippen LogP contribution in [0.2, 0.25) is 0 Å². The van der Waals surface area contributed by atoms with Gasteiger partial charge in [-0.2, -0.15) is 0 Å². The molecule has 0 aliphatic heterocycles. The van der Waals surface area contributed by atoms with Crippen molar-refractivity contribution < 1.29 is 0 Å². The van der Waals surface area contributed by atoms with Crippen molar-refractivity contribution in [2.75, 3.05) is 0 Å². The molecule has 2 heteroatoms. The molecule has 0 aromatic heterocycles. The van der Waals surface area contributed by atoms with Crippen LogP contribution in [0.3, 0.4) is 0 Å². The average Bonchev–Trinajstić information content (AvgIpc) is 2.74. The Morgan fingerprint density at radius 2 is 0.962 bits per heavy atom. The minimum absolute atomic E-state index is 0.796. The number of thiol groups is 1. The minimum atomic E-state index is 0.796. The second kappa shape index (κ2) is 9.41. The first-order valence-electron chi connectivity index (χ1n) is 11.4. The summed E-state index contributed by atoms with van der Waals surface area (Å²) in [4.78, 5) is 1.56. The summed E-state index contributed by atoms with van der Waals surface area (Å²) < 4.78 is 0. The van der Waals surface area contributed by atoms with E-state index in [2.05, 4.69) is 12.1 Å². The van der Waals surface area contributed by atoms with Crippen molar-refractivity contribution >= 4 is 22.5 Å². The SMILES string of the molecule is SSc1c(C2CCCCC2)cc(C2CCCCC2)cc1C1CCCCC1. The van der Waals surface area contributed by atoms with Gasteiger partial charge in [-0.25, -0.2) is 0 Å². The molecule has 26 heavy (non-hydrogen) atoms. The third kappa shape index (κ3) is 4.32. The van der Waals surface area contributed by atoms with E-state index in [0.29, 0.717) is 0 Å². The van der Waals surface area contributed by atoms with Crippen molar-refractivity contribution in [2.24, 2.45) is 0 Å². The lowest BCUT2D eigenvalue weighted by molar-refractivity contribution is 0.421. The smallest absolute Gasteiger partial charge is 0.0250 e. The van der Waals surface area contributed by atoms with Crippen molar-refractivity contribution in [3.8, 4) is 0 Å². The lowest BCUT2D eigenvalue weighted by atomic mass is 9.76. The predicted molar refractivity (Wildman–Crippen MR) is 119 cm³/mol. The van der Waals surface area contributed by atoms with Crippen molar-refractivity contribution in [2.45, 2.75) is 119 Å². The zero-order chi connectivity index (χ0) is 17.8. The van der Waals surface area contributed by atoms with Gasteiger partial charge in [-0.1, -0.05) is 80.7 Å². The van der Waals surface area contributed by atoms with Gasteiger partial charge in [-0.05, 0) is 73.0 Å². The molecule has 144 valence electrons. The Labute approximate surface area is 170 Å². The quantitative estimate of drug-likeness (QED) is 0.397. The van der Waals surface area contributed by atoms with Gasteiger partial charge in [0.05, 0.1) is 0 Å². The molecule has 0 heterocycles. The molecule has 0 nitrogen and oxygen atoms in total. The monoisotopic (exact) mass is 388 g/mol. The maximum Gasteiger partial charge on any atom is 0.0250 e. The second-order valence-corrected chi connectivity index (χ2v) is 10.3. The van der Waals surface area contributed by atoms with Gasteiger partial charge in [0.25, 0.3) is 0 Å². The molecule has 4 rings (SSSR count). The summed E-state index contributed by atoms with van der Waals surface area (Å²) in [6, 6.07) is 5.30. The van der Waals surface area contributed by atoms with Crippen LogP contribution < -0.4 is 0 Å². The lowest BCUT2D eigenvalue weighted by Gasteiger charge is -2.31. The topological polar surface area (TPSA) is 0 Å². The predicted octanol–water partition coefficient (Wildman–Crippen LogP) is 8.77. The summed E-state index contributed by atoms with van der Waals surface area (Å²) in [7, 11) is 1.76. The first-order chi connectivity index (χ1) is 12.9. The van der Waals surface area contributed by atoms with Gasteiger partial charge >= 0.3 is 0 Å². The Morgan fingerprint density at radius 1 is 0.577 bits per heavy atom. The van der Waals surface area contributed by atoms with E-state index in [1.165, 1.54) is 96.3 Å². The zero-order valence-corrected chi connectivity index (χ0v) is 18.1. The molecule has 3 saturated carbocycles. The summed E-state index contributed by atoms with van der Waals surface area (Å²) in [6.45, 7) is 0. The normalized spacial score (nSPS) is 24.0. The molecule has 0 unspecified atom stereocenters. The van der Waals surface area contributed by atoms with Crippen molar-refractivity contribution in [3.05, 3.63) is 28.8 Å². The Balaban J connectivity index is 1.73. The van der Waals surface area contributed by atoms with E-state index in [1.807, 2.05) is 0 Å². The molecular weight excluding hydrogens is 352 g/mol. The first kappa shape index (κ1) is 19.2. The van der Waals surface area contributed by atoms with E-state index >= 15 is 0 Å². The highest BCUT2D eigenvalue weighted by molar-refractivity contribution is 8.68. The van der Waals surface area contributed by atoms with Crippen LogP contribution in [0, 0.1) is 0 Å². The zero-order valence-electron chi connectivity index (χ0n) is 16.3. The molecule has 0 N–H and O–H groups in total. The molecule has 0 radical (unpaired) electrons. The Bertz CT molecular complexity index is 537. The van der Waals surface area contributed by atoms with E-state index in [-0.39, 0.29) is 0 Å². The van der Waals surface area contributed by atoms with Crippen LogP contribution in [0.15, 0.2) is 17.0 Å². The molecule has 0 bridgehead atoms. The van der Waals surface area contributed by atoms with Crippen LogP contribution in [0.25, 0.3) is 0 Å². The standard InChI is InChI=1S/C24H36S2/c25-26-24-22(19-12-6-2-7-13-19)16-21(18-10-4-1-5-11-18)17-23(24)20-14-8-3-9-15-20/h16-20,25H,1-15H2. The van der Waals surface area contributed by atoms with Gasteiger partial charge in [-0.3, -0.25) is 0 Å². The summed E-state index contributed by atoms with van der Waals surface area (Å²) in [5, 5.41) is 0. The van der Waals surface area contributed by atoms with Crippen molar-refractivity contribution in [1.29, 1.82) is 0 Å². The van der Waals surface area contributed by atoms with Crippen molar-refractivity contribution in [1.82, 2.24) is 0 Å². The molecule has 0 spiro atoms. The van der Waals surface area contributed by atoms with Crippen LogP contribution >= 0.6 is 22.5 Å². The van der Waals surface area contributed by atoms with Crippen LogP contribution in [0.1, 0.15) is 131 Å². The lowest BCUT2D eigenvalue weighted by Crippen LogP contribution is -2.13. The maximum absolute atomic E-state index is 4.77. The van der Waals surface area contributed by atoms with Gasteiger partial charge in [-0.15, -0.1) is 11.7 Å². The molecule has 0 amide bonds. The molecule has 3 aliphatic carbocycles. The minimum Gasteiger partial charge on any atom is -0.106 e. The highest BCUT2D eigenvalue weighted by atomic mass is 33.1. The number of rotatable bonds is 4. The van der Waals surface area contributed by atoms with Gasteiger partial charge in [0, 0.05) is 4.90 Å². The number of hydrogen-bond acceptors (Lipinski definition) is 2. The van der Waals surface area contributed by atoms with E-state index in [1.54, 1.807) is 32.4 Å². The van der Waals surface area contributed by atoms with Crippen LogP contribution in [0.5, 0.6) is 0 Å². The summed E-state index contributed by atoms with van der Waals surface area (Å²) in [5.41, 5.74) is 5.07. The Hall–Kier alpha value is -0.0800. The molecule has 0 atom stereocenters. The Kier molecular flexibility index (Phi) is 6.97. The van der Waals surface area contributed by atoms with E-state index < -0.39 is 0 Å². The Morgan fingerprint density at radius 3 is 1.35 bits per heavy atom. The first-order valence-corrected chi connectivity index (χ1v) is 13.2. The molecule has 1 aromatic carbocycles. The molecule has 0 saturated heterocycles. The van der Waals surface area contributed by atoms with Gasteiger partial charge < -0.3 is 0 Å². The number of benzene rings is 1. The highest BCUT2D eigenvalue weighted by Crippen LogP contribution is 2.47. The summed E-state index contributed by atoms with van der Waals surface area (Å²) >= 11 is 4.77. The molecular formula is C24H36S2. The van der Waals surface area contributed by atoms with E-state index in [0.717, 1.165) is 17.8 Å². The average molecular weight is 389 g/mol. The fraction of sp³-hybridized carbons (Fsp3) is 0.750. The highest BCUT2D eigenvalue weighted by Gasteiger charge is 2.27. The van der Waals surface area contributed by atoms with Crippen molar-refractivity contribution in [3.63, 3.8) is 0 Å². The molecule has 1 aromatic rings. The third-order valence-corrected chi connectivity index (χ3v) is 8.63. The van der Waals surface area contributed by atoms with Crippen LogP contribution in [-0.4, -0.2) is 0 Å². The van der Waals surface area contributed by atoms with Crippen LogP contribution in [-0.2, 0) is 0 Å². The summed E-state index contributed by atoms with van der Waals surface area (Å²) in [6.07, 6.45) is 21.3. The number of hydrogen-bond donors (Lipinski definition) is 1. The third-order valence-electron chi connectivity index (χ3n) is 7.43. The van der Waals surface area contributed by atoms with Gasteiger partial charge in [0.15, 0.2) is 0 Å². The van der Waals surface area contributed by atoms with Gasteiger partial charge in [0.2, 0.25) is 0 Å². The fourth-order valence-corrected chi connectivity index (χ4v) is 7.20. The second-order valence-electron chi connectivity index (χ2n) is 9.12. The van der Waals surface area contributed by atoms with E-state index in [4.69, 9.17) is 11.7 Å². The van der Waals surface area contributed by atoms with E-state index in [9.17, 15) is 0 Å².